The normalized spacial score (nSPS) is 11.8. The van der Waals surface area contributed by atoms with Crippen LogP contribution in [-0.2, 0) is 4.57 Å². The van der Waals surface area contributed by atoms with Crippen LogP contribution in [-0.4, -0.2) is 14.9 Å². The first-order chi connectivity index (χ1) is 8.31. The number of phenols is 1. The standard InChI is InChI=1S/C12H13O5P/c1-7-8(2)12(17-18(14,15)16)10-6-4-3-5-9(10)11(7)13/h3-6,13H,1-2H3,(H2,14,15,16). The summed E-state index contributed by atoms with van der Waals surface area (Å²) in [5.74, 6) is 0.204. The number of fused-ring (bicyclic) bond motifs is 1. The van der Waals surface area contributed by atoms with E-state index < -0.39 is 7.82 Å². The van der Waals surface area contributed by atoms with E-state index in [1.54, 1.807) is 38.1 Å². The monoisotopic (exact) mass is 268 g/mol. The second-order valence-electron chi connectivity index (χ2n) is 4.06. The lowest BCUT2D eigenvalue weighted by Gasteiger charge is -2.16. The van der Waals surface area contributed by atoms with E-state index in [4.69, 9.17) is 14.3 Å². The van der Waals surface area contributed by atoms with Crippen LogP contribution in [0.2, 0.25) is 0 Å². The van der Waals surface area contributed by atoms with Gasteiger partial charge in [-0.05, 0) is 25.0 Å². The minimum Gasteiger partial charge on any atom is -0.507 e. The molecule has 0 saturated carbocycles. The highest BCUT2D eigenvalue weighted by atomic mass is 31.2. The number of hydrogen-bond acceptors (Lipinski definition) is 3. The van der Waals surface area contributed by atoms with Crippen molar-refractivity contribution in [1.29, 1.82) is 0 Å². The van der Waals surface area contributed by atoms with Gasteiger partial charge in [-0.2, -0.15) is 0 Å². The molecule has 18 heavy (non-hydrogen) atoms. The highest BCUT2D eigenvalue weighted by molar-refractivity contribution is 7.46. The van der Waals surface area contributed by atoms with Gasteiger partial charge in [-0.1, -0.05) is 24.3 Å². The fraction of sp³-hybridized carbons (Fsp3) is 0.167. The molecule has 0 aliphatic heterocycles. The van der Waals surface area contributed by atoms with Gasteiger partial charge in [0.05, 0.1) is 0 Å². The molecule has 0 amide bonds. The Labute approximate surface area is 104 Å². The molecule has 0 aliphatic rings. The molecule has 0 spiro atoms. The predicted octanol–water partition coefficient (Wildman–Crippen LogP) is 2.63. The molecule has 0 heterocycles. The lowest BCUT2D eigenvalue weighted by Crippen LogP contribution is -1.96. The van der Waals surface area contributed by atoms with E-state index in [0.717, 1.165) is 0 Å². The predicted molar refractivity (Wildman–Crippen MR) is 67.8 cm³/mol. The van der Waals surface area contributed by atoms with Crippen molar-refractivity contribution in [3.8, 4) is 11.5 Å². The van der Waals surface area contributed by atoms with Gasteiger partial charge in [-0.25, -0.2) is 4.57 Å². The molecule has 3 N–H and O–H groups in total. The molecule has 6 heteroatoms. The first-order valence-electron chi connectivity index (χ1n) is 5.27. The van der Waals surface area contributed by atoms with Gasteiger partial charge >= 0.3 is 7.82 Å². The minimum absolute atomic E-state index is 0.0983. The van der Waals surface area contributed by atoms with Gasteiger partial charge in [-0.15, -0.1) is 0 Å². The van der Waals surface area contributed by atoms with E-state index >= 15 is 0 Å². The first-order valence-corrected chi connectivity index (χ1v) is 6.80. The summed E-state index contributed by atoms with van der Waals surface area (Å²) in [6.45, 7) is 3.32. The van der Waals surface area contributed by atoms with Gasteiger partial charge in [0.1, 0.15) is 11.5 Å². The number of hydrogen-bond donors (Lipinski definition) is 3. The fourth-order valence-electron chi connectivity index (χ4n) is 1.88. The molecule has 96 valence electrons. The third-order valence-electron chi connectivity index (χ3n) is 2.90. The zero-order valence-electron chi connectivity index (χ0n) is 9.91. The van der Waals surface area contributed by atoms with Crippen LogP contribution in [0.15, 0.2) is 24.3 Å². The van der Waals surface area contributed by atoms with Crippen molar-refractivity contribution < 1.29 is 24.0 Å². The summed E-state index contributed by atoms with van der Waals surface area (Å²) in [7, 11) is -4.64. The number of phosphoric acid groups is 1. The number of rotatable bonds is 2. The average Bonchev–Trinajstić information content (AvgIpc) is 2.31. The van der Waals surface area contributed by atoms with Crippen LogP contribution in [0.25, 0.3) is 10.8 Å². The summed E-state index contributed by atoms with van der Waals surface area (Å²) < 4.78 is 15.7. The van der Waals surface area contributed by atoms with E-state index in [0.29, 0.717) is 21.9 Å². The fourth-order valence-corrected chi connectivity index (χ4v) is 2.35. The second kappa shape index (κ2) is 4.28. The van der Waals surface area contributed by atoms with Crippen LogP contribution in [0, 0.1) is 13.8 Å². The maximum absolute atomic E-state index is 11.0. The van der Waals surface area contributed by atoms with Crippen LogP contribution >= 0.6 is 7.82 Å². The van der Waals surface area contributed by atoms with Gasteiger partial charge in [0.15, 0.2) is 0 Å². The summed E-state index contributed by atoms with van der Waals surface area (Å²) >= 11 is 0. The maximum Gasteiger partial charge on any atom is 0.524 e. The van der Waals surface area contributed by atoms with Crippen molar-refractivity contribution >= 4 is 18.6 Å². The molecular formula is C12H13O5P. The molecule has 0 fully saturated rings. The molecule has 5 nitrogen and oxygen atoms in total. The van der Waals surface area contributed by atoms with E-state index in [1.165, 1.54) is 0 Å². The molecular weight excluding hydrogens is 255 g/mol. The van der Waals surface area contributed by atoms with Gasteiger partial charge in [-0.3, -0.25) is 9.79 Å². The molecule has 0 aliphatic carbocycles. The van der Waals surface area contributed by atoms with Crippen molar-refractivity contribution in [3.05, 3.63) is 35.4 Å². The molecule has 0 atom stereocenters. The summed E-state index contributed by atoms with van der Waals surface area (Å²) in [5, 5.41) is 11.0. The number of aromatic hydroxyl groups is 1. The van der Waals surface area contributed by atoms with Crippen LogP contribution in [0.4, 0.5) is 0 Å². The van der Waals surface area contributed by atoms with Crippen molar-refractivity contribution in [3.63, 3.8) is 0 Å². The Balaban J connectivity index is 2.83. The molecule has 2 rings (SSSR count). The Bertz CT molecular complexity index is 659. The number of benzene rings is 2. The van der Waals surface area contributed by atoms with Gasteiger partial charge in [0, 0.05) is 10.8 Å². The van der Waals surface area contributed by atoms with Crippen molar-refractivity contribution in [2.75, 3.05) is 0 Å². The Morgan fingerprint density at radius 1 is 1.06 bits per heavy atom. The third kappa shape index (κ3) is 2.20. The van der Waals surface area contributed by atoms with Crippen LogP contribution < -0.4 is 4.52 Å². The molecule has 2 aromatic carbocycles. The Hall–Kier alpha value is -1.55. The molecule has 0 bridgehead atoms. The maximum atomic E-state index is 11.0. The summed E-state index contributed by atoms with van der Waals surface area (Å²) in [6.07, 6.45) is 0. The zero-order valence-corrected chi connectivity index (χ0v) is 10.8. The van der Waals surface area contributed by atoms with Gasteiger partial charge in [0.25, 0.3) is 0 Å². The first kappa shape index (κ1) is 12.9. The van der Waals surface area contributed by atoms with Gasteiger partial charge in [0.2, 0.25) is 0 Å². The lowest BCUT2D eigenvalue weighted by molar-refractivity contribution is 0.283. The quantitative estimate of drug-likeness (QED) is 0.729. The Kier molecular flexibility index (Phi) is 3.07. The summed E-state index contributed by atoms with van der Waals surface area (Å²) in [4.78, 5) is 17.9. The third-order valence-corrected chi connectivity index (χ3v) is 3.32. The minimum atomic E-state index is -4.64. The average molecular weight is 268 g/mol. The molecule has 2 aromatic rings. The van der Waals surface area contributed by atoms with E-state index in [9.17, 15) is 9.67 Å². The highest BCUT2D eigenvalue weighted by Crippen LogP contribution is 2.46. The molecule has 0 saturated heterocycles. The van der Waals surface area contributed by atoms with Crippen LogP contribution in [0.3, 0.4) is 0 Å². The van der Waals surface area contributed by atoms with E-state index in [-0.39, 0.29) is 11.5 Å². The SMILES string of the molecule is Cc1c(C)c(OP(=O)(O)O)c2ccccc2c1O. The topological polar surface area (TPSA) is 87.0 Å². The zero-order chi connectivity index (χ0) is 13.5. The van der Waals surface area contributed by atoms with Gasteiger partial charge < -0.3 is 9.63 Å². The van der Waals surface area contributed by atoms with Crippen LogP contribution in [0.5, 0.6) is 11.5 Å². The van der Waals surface area contributed by atoms with E-state index in [1.807, 2.05) is 0 Å². The smallest absolute Gasteiger partial charge is 0.507 e. The lowest BCUT2D eigenvalue weighted by atomic mass is 10.00. The Morgan fingerprint density at radius 2 is 1.61 bits per heavy atom. The van der Waals surface area contributed by atoms with Crippen molar-refractivity contribution in [2.24, 2.45) is 0 Å². The Morgan fingerprint density at radius 3 is 2.17 bits per heavy atom. The number of phosphoric ester groups is 1. The highest BCUT2D eigenvalue weighted by Gasteiger charge is 2.22. The molecule has 0 unspecified atom stereocenters. The second-order valence-corrected chi connectivity index (χ2v) is 5.22. The van der Waals surface area contributed by atoms with Crippen molar-refractivity contribution in [1.82, 2.24) is 0 Å². The largest absolute Gasteiger partial charge is 0.524 e. The molecule has 0 aromatic heterocycles. The summed E-state index contributed by atoms with van der Waals surface area (Å²) in [6, 6.07) is 6.76. The molecule has 0 radical (unpaired) electrons. The number of phenolic OH excluding ortho intramolecular Hbond substituents is 1. The van der Waals surface area contributed by atoms with Crippen LogP contribution in [0.1, 0.15) is 11.1 Å². The van der Waals surface area contributed by atoms with Crippen molar-refractivity contribution in [2.45, 2.75) is 13.8 Å². The summed E-state index contributed by atoms with van der Waals surface area (Å²) in [5.41, 5.74) is 1.05. The van der Waals surface area contributed by atoms with E-state index in [2.05, 4.69) is 0 Å².